The van der Waals surface area contributed by atoms with Crippen molar-refractivity contribution in [1.29, 1.82) is 0 Å². The van der Waals surface area contributed by atoms with Crippen LogP contribution in [0.1, 0.15) is 39.5 Å². The SMILES string of the molecule is CCOc1ccc(-c2ccc(OCC3CCC(C)CC3)c(F)c2F)c(F)c1F. The number of hydrogen-bond acceptors (Lipinski definition) is 2. The summed E-state index contributed by atoms with van der Waals surface area (Å²) in [5.74, 6) is -4.46. The molecule has 0 heterocycles. The van der Waals surface area contributed by atoms with Crippen LogP contribution in [0.2, 0.25) is 0 Å². The third kappa shape index (κ3) is 4.26. The van der Waals surface area contributed by atoms with Gasteiger partial charge in [0.1, 0.15) is 0 Å². The molecule has 0 aliphatic heterocycles. The highest BCUT2D eigenvalue weighted by Gasteiger charge is 2.23. The van der Waals surface area contributed by atoms with E-state index >= 15 is 0 Å². The van der Waals surface area contributed by atoms with Crippen LogP contribution in [0.5, 0.6) is 11.5 Å². The molecule has 2 nitrogen and oxygen atoms in total. The molecule has 2 aromatic rings. The molecule has 0 N–H and O–H groups in total. The fraction of sp³-hybridized carbons (Fsp3) is 0.455. The van der Waals surface area contributed by atoms with Crippen LogP contribution in [-0.4, -0.2) is 13.2 Å². The maximum Gasteiger partial charge on any atom is 0.201 e. The van der Waals surface area contributed by atoms with Gasteiger partial charge in [0.25, 0.3) is 0 Å². The zero-order valence-corrected chi connectivity index (χ0v) is 16.0. The maximum atomic E-state index is 14.5. The lowest BCUT2D eigenvalue weighted by molar-refractivity contribution is 0.182. The van der Waals surface area contributed by atoms with E-state index < -0.39 is 23.3 Å². The van der Waals surface area contributed by atoms with Crippen LogP contribution in [0.4, 0.5) is 17.6 Å². The van der Waals surface area contributed by atoms with E-state index in [2.05, 4.69) is 6.92 Å². The van der Waals surface area contributed by atoms with E-state index in [4.69, 9.17) is 9.47 Å². The molecule has 0 radical (unpaired) electrons. The third-order valence-electron chi connectivity index (χ3n) is 5.29. The molecule has 1 saturated carbocycles. The molecule has 28 heavy (non-hydrogen) atoms. The molecule has 0 aromatic heterocycles. The first-order chi connectivity index (χ1) is 13.4. The van der Waals surface area contributed by atoms with Crippen molar-refractivity contribution in [2.45, 2.75) is 39.5 Å². The number of rotatable bonds is 6. The van der Waals surface area contributed by atoms with E-state index in [9.17, 15) is 17.6 Å². The minimum Gasteiger partial charge on any atom is -0.491 e. The van der Waals surface area contributed by atoms with E-state index in [-0.39, 0.29) is 29.2 Å². The fourth-order valence-corrected chi connectivity index (χ4v) is 3.56. The van der Waals surface area contributed by atoms with Crippen LogP contribution < -0.4 is 9.47 Å². The molecule has 6 heteroatoms. The standard InChI is InChI=1S/C22H24F4O2/c1-3-27-17-10-8-15(19(23)21(17)25)16-9-11-18(22(26)20(16)24)28-12-14-6-4-13(2)5-7-14/h8-11,13-14H,3-7,12H2,1-2H3. The van der Waals surface area contributed by atoms with Crippen molar-refractivity contribution in [2.75, 3.05) is 13.2 Å². The Bertz CT molecular complexity index is 830. The second kappa shape index (κ2) is 8.84. The third-order valence-corrected chi connectivity index (χ3v) is 5.29. The van der Waals surface area contributed by atoms with Gasteiger partial charge in [-0.2, -0.15) is 8.78 Å². The molecule has 0 amide bonds. The Morgan fingerprint density at radius 3 is 1.75 bits per heavy atom. The van der Waals surface area contributed by atoms with Gasteiger partial charge in [0.2, 0.25) is 11.6 Å². The summed E-state index contributed by atoms with van der Waals surface area (Å²) in [4.78, 5) is 0. The second-order valence-corrected chi connectivity index (χ2v) is 7.35. The van der Waals surface area contributed by atoms with Crippen molar-refractivity contribution in [2.24, 2.45) is 11.8 Å². The lowest BCUT2D eigenvalue weighted by Gasteiger charge is -2.26. The average Bonchev–Trinajstić information content (AvgIpc) is 2.69. The van der Waals surface area contributed by atoms with E-state index in [1.165, 1.54) is 24.3 Å². The summed E-state index contributed by atoms with van der Waals surface area (Å²) in [6.45, 7) is 4.31. The first kappa shape index (κ1) is 20.5. The molecule has 0 atom stereocenters. The predicted octanol–water partition coefficient (Wildman–Crippen LogP) is 6.51. The van der Waals surface area contributed by atoms with Gasteiger partial charge in [-0.05, 0) is 55.9 Å². The molecule has 1 fully saturated rings. The molecular formula is C22H24F4O2. The Morgan fingerprint density at radius 1 is 0.750 bits per heavy atom. The fourth-order valence-electron chi connectivity index (χ4n) is 3.56. The van der Waals surface area contributed by atoms with Gasteiger partial charge in [-0.15, -0.1) is 0 Å². The molecule has 0 spiro atoms. The Labute approximate surface area is 162 Å². The lowest BCUT2D eigenvalue weighted by Crippen LogP contribution is -2.19. The summed E-state index contributed by atoms with van der Waals surface area (Å²) in [6.07, 6.45) is 4.21. The molecule has 2 aromatic carbocycles. The normalized spacial score (nSPS) is 19.5. The quantitative estimate of drug-likeness (QED) is 0.518. The number of benzene rings is 2. The van der Waals surface area contributed by atoms with Gasteiger partial charge in [-0.25, -0.2) is 8.78 Å². The number of ether oxygens (including phenoxy) is 2. The molecule has 1 aliphatic carbocycles. The smallest absolute Gasteiger partial charge is 0.201 e. The van der Waals surface area contributed by atoms with Crippen LogP contribution >= 0.6 is 0 Å². The van der Waals surface area contributed by atoms with Crippen LogP contribution in [0.3, 0.4) is 0 Å². The summed E-state index contributed by atoms with van der Waals surface area (Å²) in [5.41, 5.74) is -0.735. The van der Waals surface area contributed by atoms with E-state index in [0.717, 1.165) is 25.7 Å². The van der Waals surface area contributed by atoms with Crippen LogP contribution in [0.15, 0.2) is 24.3 Å². The van der Waals surface area contributed by atoms with Crippen LogP contribution in [0.25, 0.3) is 11.1 Å². The van der Waals surface area contributed by atoms with Crippen molar-refractivity contribution in [3.63, 3.8) is 0 Å². The molecule has 0 saturated heterocycles. The number of halogens is 4. The second-order valence-electron chi connectivity index (χ2n) is 7.35. The Balaban J connectivity index is 1.79. The summed E-state index contributed by atoms with van der Waals surface area (Å²) in [7, 11) is 0. The first-order valence-electron chi connectivity index (χ1n) is 9.64. The highest BCUT2D eigenvalue weighted by Crippen LogP contribution is 2.35. The minimum atomic E-state index is -1.28. The highest BCUT2D eigenvalue weighted by molar-refractivity contribution is 5.67. The molecule has 1 aliphatic rings. The van der Waals surface area contributed by atoms with Gasteiger partial charge in [0.15, 0.2) is 23.1 Å². The van der Waals surface area contributed by atoms with E-state index in [0.29, 0.717) is 18.4 Å². The van der Waals surface area contributed by atoms with Crippen molar-refractivity contribution < 1.29 is 27.0 Å². The highest BCUT2D eigenvalue weighted by atomic mass is 19.2. The van der Waals surface area contributed by atoms with E-state index in [1.807, 2.05) is 0 Å². The zero-order chi connectivity index (χ0) is 20.3. The minimum absolute atomic E-state index is 0.157. The molecule has 152 valence electrons. The van der Waals surface area contributed by atoms with Gasteiger partial charge in [-0.3, -0.25) is 0 Å². The molecular weight excluding hydrogens is 372 g/mol. The summed E-state index contributed by atoms with van der Waals surface area (Å²) >= 11 is 0. The Morgan fingerprint density at radius 2 is 1.25 bits per heavy atom. The zero-order valence-electron chi connectivity index (χ0n) is 16.0. The van der Waals surface area contributed by atoms with Crippen molar-refractivity contribution in [3.05, 3.63) is 47.5 Å². The van der Waals surface area contributed by atoms with E-state index in [1.54, 1.807) is 6.92 Å². The van der Waals surface area contributed by atoms with Gasteiger partial charge in [0, 0.05) is 11.1 Å². The Kier molecular flexibility index (Phi) is 6.47. The van der Waals surface area contributed by atoms with Crippen molar-refractivity contribution >= 4 is 0 Å². The topological polar surface area (TPSA) is 18.5 Å². The summed E-state index contributed by atoms with van der Waals surface area (Å²) in [5, 5.41) is 0. The molecule has 0 bridgehead atoms. The first-order valence-corrected chi connectivity index (χ1v) is 9.64. The van der Waals surface area contributed by atoms with Crippen LogP contribution in [0, 0.1) is 35.1 Å². The van der Waals surface area contributed by atoms with Gasteiger partial charge in [0.05, 0.1) is 13.2 Å². The van der Waals surface area contributed by atoms with Crippen LogP contribution in [-0.2, 0) is 0 Å². The summed E-state index contributed by atoms with van der Waals surface area (Å²) in [6, 6.07) is 4.83. The van der Waals surface area contributed by atoms with Gasteiger partial charge < -0.3 is 9.47 Å². The number of hydrogen-bond donors (Lipinski definition) is 0. The lowest BCUT2D eigenvalue weighted by atomic mass is 9.83. The largest absolute Gasteiger partial charge is 0.491 e. The maximum absolute atomic E-state index is 14.5. The van der Waals surface area contributed by atoms with Crippen molar-refractivity contribution in [3.8, 4) is 22.6 Å². The predicted molar refractivity (Wildman–Crippen MR) is 99.5 cm³/mol. The molecule has 0 unspecified atom stereocenters. The van der Waals surface area contributed by atoms with Gasteiger partial charge in [-0.1, -0.05) is 19.8 Å². The Hall–Kier alpha value is -2.24. The molecule has 3 rings (SSSR count). The average molecular weight is 396 g/mol. The monoisotopic (exact) mass is 396 g/mol. The van der Waals surface area contributed by atoms with Crippen molar-refractivity contribution in [1.82, 2.24) is 0 Å². The van der Waals surface area contributed by atoms with Gasteiger partial charge >= 0.3 is 0 Å². The summed E-state index contributed by atoms with van der Waals surface area (Å²) < 4.78 is 67.9.